The molecule has 1 heterocycles. The molecule has 0 atom stereocenters. The lowest BCUT2D eigenvalue weighted by Gasteiger charge is -2.12. The van der Waals surface area contributed by atoms with Crippen molar-refractivity contribution in [2.75, 3.05) is 5.32 Å². The summed E-state index contributed by atoms with van der Waals surface area (Å²) in [6.07, 6.45) is 2.04. The van der Waals surface area contributed by atoms with Crippen LogP contribution in [0, 0.1) is 18.6 Å². The van der Waals surface area contributed by atoms with Crippen LogP contribution in [0.2, 0.25) is 5.15 Å². The highest BCUT2D eigenvalue weighted by molar-refractivity contribution is 6.30. The molecule has 1 aliphatic rings. The summed E-state index contributed by atoms with van der Waals surface area (Å²) in [4.78, 5) is 8.54. The molecule has 0 unspecified atom stereocenters. The molecule has 0 bridgehead atoms. The predicted molar refractivity (Wildman–Crippen MR) is 73.4 cm³/mol. The fraction of sp³-hybridized carbons (Fsp3) is 0.286. The Morgan fingerprint density at radius 2 is 1.85 bits per heavy atom. The third-order valence-electron chi connectivity index (χ3n) is 3.25. The topological polar surface area (TPSA) is 37.8 Å². The Morgan fingerprint density at radius 1 is 1.20 bits per heavy atom. The Kier molecular flexibility index (Phi) is 3.30. The zero-order chi connectivity index (χ0) is 14.3. The molecule has 2 aromatic rings. The zero-order valence-electron chi connectivity index (χ0n) is 10.8. The number of hydrogen-bond acceptors (Lipinski definition) is 3. The fourth-order valence-corrected chi connectivity index (χ4v) is 2.06. The lowest BCUT2D eigenvalue weighted by molar-refractivity contribution is 0.590. The van der Waals surface area contributed by atoms with E-state index in [1.807, 2.05) is 0 Å². The highest BCUT2D eigenvalue weighted by Crippen LogP contribution is 2.40. The number of nitrogens with one attached hydrogen (secondary N) is 1. The first kappa shape index (κ1) is 13.2. The largest absolute Gasteiger partial charge is 0.335 e. The molecule has 6 heteroatoms. The first-order valence-corrected chi connectivity index (χ1v) is 6.69. The van der Waals surface area contributed by atoms with Crippen molar-refractivity contribution in [1.82, 2.24) is 9.97 Å². The van der Waals surface area contributed by atoms with E-state index in [1.54, 1.807) is 6.92 Å². The molecular formula is C14H12ClF2N3. The number of aromatic nitrogens is 2. The molecule has 1 fully saturated rings. The molecular weight excluding hydrogens is 284 g/mol. The molecule has 0 spiro atoms. The van der Waals surface area contributed by atoms with Crippen LogP contribution in [0.15, 0.2) is 18.2 Å². The fourth-order valence-electron chi connectivity index (χ4n) is 1.89. The number of rotatable bonds is 3. The van der Waals surface area contributed by atoms with Gasteiger partial charge in [0.05, 0.1) is 0 Å². The van der Waals surface area contributed by atoms with E-state index >= 15 is 0 Å². The number of halogens is 3. The minimum Gasteiger partial charge on any atom is -0.335 e. The van der Waals surface area contributed by atoms with E-state index in [1.165, 1.54) is 18.2 Å². The molecule has 0 amide bonds. The number of nitrogens with zero attached hydrogens (tertiary/aromatic N) is 2. The van der Waals surface area contributed by atoms with Crippen molar-refractivity contribution in [3.63, 3.8) is 0 Å². The van der Waals surface area contributed by atoms with Crippen molar-refractivity contribution in [2.45, 2.75) is 25.7 Å². The van der Waals surface area contributed by atoms with E-state index in [0.29, 0.717) is 28.3 Å². The third kappa shape index (κ3) is 2.45. The van der Waals surface area contributed by atoms with Gasteiger partial charge in [0.2, 0.25) is 0 Å². The van der Waals surface area contributed by atoms with Crippen molar-refractivity contribution in [3.8, 4) is 0 Å². The summed E-state index contributed by atoms with van der Waals surface area (Å²) in [6.45, 7) is 1.71. The van der Waals surface area contributed by atoms with E-state index in [9.17, 15) is 8.78 Å². The minimum atomic E-state index is -0.674. The summed E-state index contributed by atoms with van der Waals surface area (Å²) < 4.78 is 27.3. The van der Waals surface area contributed by atoms with Crippen LogP contribution in [0.25, 0.3) is 0 Å². The van der Waals surface area contributed by atoms with Crippen LogP contribution in [-0.2, 0) is 0 Å². The first-order chi connectivity index (χ1) is 9.56. The van der Waals surface area contributed by atoms with Gasteiger partial charge in [-0.3, -0.25) is 0 Å². The van der Waals surface area contributed by atoms with Crippen LogP contribution in [0.4, 0.5) is 20.3 Å². The van der Waals surface area contributed by atoms with Gasteiger partial charge in [-0.15, -0.1) is 0 Å². The maximum absolute atomic E-state index is 13.7. The molecule has 3 rings (SSSR count). The van der Waals surface area contributed by atoms with Gasteiger partial charge in [0, 0.05) is 11.5 Å². The van der Waals surface area contributed by atoms with Crippen LogP contribution in [0.3, 0.4) is 0 Å². The number of anilines is 2. The Hall–Kier alpha value is -1.75. The van der Waals surface area contributed by atoms with Crippen molar-refractivity contribution >= 4 is 23.1 Å². The van der Waals surface area contributed by atoms with E-state index < -0.39 is 11.6 Å². The van der Waals surface area contributed by atoms with Gasteiger partial charge in [0.1, 0.15) is 34.1 Å². The summed E-state index contributed by atoms with van der Waals surface area (Å²) in [7, 11) is 0. The average molecular weight is 296 g/mol. The molecule has 1 aliphatic carbocycles. The molecule has 1 aromatic heterocycles. The Labute approximate surface area is 120 Å². The highest BCUT2D eigenvalue weighted by atomic mass is 35.5. The van der Waals surface area contributed by atoms with Crippen molar-refractivity contribution in [2.24, 2.45) is 0 Å². The monoisotopic (exact) mass is 295 g/mol. The van der Waals surface area contributed by atoms with E-state index in [4.69, 9.17) is 11.6 Å². The predicted octanol–water partition coefficient (Wildman–Crippen LogP) is 4.34. The van der Waals surface area contributed by atoms with Crippen LogP contribution in [-0.4, -0.2) is 9.97 Å². The highest BCUT2D eigenvalue weighted by Gasteiger charge is 2.28. The van der Waals surface area contributed by atoms with Gasteiger partial charge in [-0.05, 0) is 31.9 Å². The SMILES string of the molecule is Cc1c(Cl)nc(C2CC2)nc1Nc1c(F)cccc1F. The average Bonchev–Trinajstić information content (AvgIpc) is 3.23. The standard InChI is InChI=1S/C14H12ClF2N3/c1-7-12(15)19-14(8-5-6-8)20-13(7)18-11-9(16)3-2-4-10(11)17/h2-4,8H,5-6H2,1H3,(H,18,19,20). The summed E-state index contributed by atoms with van der Waals surface area (Å²) in [5.41, 5.74) is 0.339. The van der Waals surface area contributed by atoms with Crippen molar-refractivity contribution in [3.05, 3.63) is 46.4 Å². The third-order valence-corrected chi connectivity index (χ3v) is 3.62. The second-order valence-electron chi connectivity index (χ2n) is 4.84. The van der Waals surface area contributed by atoms with Crippen molar-refractivity contribution in [1.29, 1.82) is 0 Å². The van der Waals surface area contributed by atoms with Gasteiger partial charge >= 0.3 is 0 Å². The Bertz CT molecular complexity index is 651. The zero-order valence-corrected chi connectivity index (χ0v) is 11.5. The Balaban J connectivity index is 2.01. The normalized spacial score (nSPS) is 14.4. The molecule has 0 aliphatic heterocycles. The van der Waals surface area contributed by atoms with E-state index in [0.717, 1.165) is 12.8 Å². The van der Waals surface area contributed by atoms with Gasteiger partial charge in [0.25, 0.3) is 0 Å². The lowest BCUT2D eigenvalue weighted by Crippen LogP contribution is -2.05. The Morgan fingerprint density at radius 3 is 2.45 bits per heavy atom. The number of para-hydroxylation sites is 1. The lowest BCUT2D eigenvalue weighted by atomic mass is 10.2. The number of hydrogen-bond donors (Lipinski definition) is 1. The molecule has 1 aromatic carbocycles. The van der Waals surface area contributed by atoms with Gasteiger partial charge in [0.15, 0.2) is 0 Å². The molecule has 0 saturated heterocycles. The van der Waals surface area contributed by atoms with Crippen LogP contribution < -0.4 is 5.32 Å². The van der Waals surface area contributed by atoms with Gasteiger partial charge in [-0.1, -0.05) is 17.7 Å². The van der Waals surface area contributed by atoms with E-state index in [-0.39, 0.29) is 5.69 Å². The first-order valence-electron chi connectivity index (χ1n) is 6.31. The maximum atomic E-state index is 13.7. The second kappa shape index (κ2) is 4.98. The second-order valence-corrected chi connectivity index (χ2v) is 5.20. The van der Waals surface area contributed by atoms with Crippen LogP contribution in [0.5, 0.6) is 0 Å². The molecule has 3 nitrogen and oxygen atoms in total. The summed E-state index contributed by atoms with van der Waals surface area (Å²) in [6, 6.07) is 3.68. The molecule has 1 saturated carbocycles. The van der Waals surface area contributed by atoms with Crippen molar-refractivity contribution < 1.29 is 8.78 Å². The van der Waals surface area contributed by atoms with Gasteiger partial charge in [-0.25, -0.2) is 18.7 Å². The summed E-state index contributed by atoms with van der Waals surface area (Å²) in [5.74, 6) is -0.0749. The maximum Gasteiger partial charge on any atom is 0.149 e. The molecule has 1 N–H and O–H groups in total. The summed E-state index contributed by atoms with van der Waals surface area (Å²) >= 11 is 6.06. The van der Waals surface area contributed by atoms with Crippen LogP contribution in [0.1, 0.15) is 30.1 Å². The molecule has 20 heavy (non-hydrogen) atoms. The van der Waals surface area contributed by atoms with Gasteiger partial charge in [-0.2, -0.15) is 0 Å². The molecule has 104 valence electrons. The minimum absolute atomic E-state index is 0.230. The quantitative estimate of drug-likeness (QED) is 0.856. The molecule has 0 radical (unpaired) electrons. The smallest absolute Gasteiger partial charge is 0.149 e. The number of benzene rings is 1. The van der Waals surface area contributed by atoms with Crippen LogP contribution >= 0.6 is 11.6 Å². The van der Waals surface area contributed by atoms with Gasteiger partial charge < -0.3 is 5.32 Å². The van der Waals surface area contributed by atoms with E-state index in [2.05, 4.69) is 15.3 Å². The summed E-state index contributed by atoms with van der Waals surface area (Å²) in [5, 5.41) is 2.99.